The van der Waals surface area contributed by atoms with Gasteiger partial charge in [-0.05, 0) is 34.8 Å². The van der Waals surface area contributed by atoms with Crippen LogP contribution < -0.4 is 0 Å². The minimum absolute atomic E-state index is 0.302. The molecule has 1 aromatic heterocycles. The number of nitrogens with zero attached hydrogens (tertiary/aromatic N) is 1. The van der Waals surface area contributed by atoms with E-state index in [1.165, 1.54) is 10.4 Å². The van der Waals surface area contributed by atoms with E-state index < -0.39 is 10.0 Å². The normalized spacial score (nSPS) is 12.3. The van der Waals surface area contributed by atoms with Crippen LogP contribution in [0.4, 0.5) is 0 Å². The molecule has 7 heteroatoms. The Hall–Kier alpha value is 0.380. The summed E-state index contributed by atoms with van der Waals surface area (Å²) in [5.74, 6) is 0. The van der Waals surface area contributed by atoms with Crippen molar-refractivity contribution in [3.63, 3.8) is 0 Å². The maximum Gasteiger partial charge on any atom is 0.252 e. The van der Waals surface area contributed by atoms with Gasteiger partial charge < -0.3 is 0 Å². The van der Waals surface area contributed by atoms with Crippen LogP contribution in [0, 0.1) is 0 Å². The molecule has 1 rings (SSSR count). The van der Waals surface area contributed by atoms with E-state index in [0.29, 0.717) is 26.1 Å². The monoisotopic (exact) mass is 359 g/mol. The first-order valence-electron chi connectivity index (χ1n) is 5.38. The van der Waals surface area contributed by atoms with E-state index in [0.717, 1.165) is 24.2 Å². The molecule has 0 spiro atoms. The maximum absolute atomic E-state index is 12.3. The Morgan fingerprint density at radius 1 is 1.35 bits per heavy atom. The van der Waals surface area contributed by atoms with E-state index in [2.05, 4.69) is 15.9 Å². The van der Waals surface area contributed by atoms with E-state index in [9.17, 15) is 8.42 Å². The average molecular weight is 361 g/mol. The molecule has 0 saturated heterocycles. The van der Waals surface area contributed by atoms with Crippen LogP contribution in [0.5, 0.6) is 0 Å². The number of sulfonamides is 1. The molecule has 0 aliphatic carbocycles. The summed E-state index contributed by atoms with van der Waals surface area (Å²) in [5.41, 5.74) is 0. The summed E-state index contributed by atoms with van der Waals surface area (Å²) in [6, 6.07) is 1.50. The summed E-state index contributed by atoms with van der Waals surface area (Å²) in [7, 11) is -3.39. The van der Waals surface area contributed by atoms with Gasteiger partial charge in [0.2, 0.25) is 0 Å². The van der Waals surface area contributed by atoms with Crippen LogP contribution in [-0.4, -0.2) is 25.8 Å². The zero-order valence-electron chi connectivity index (χ0n) is 9.74. The molecule has 1 heterocycles. The lowest BCUT2D eigenvalue weighted by molar-refractivity contribution is 0.411. The average Bonchev–Trinajstić information content (AvgIpc) is 2.59. The second kappa shape index (κ2) is 6.52. The predicted octanol–water partition coefficient (Wildman–Crippen LogP) is 3.97. The van der Waals surface area contributed by atoms with E-state index in [1.54, 1.807) is 0 Å². The Labute approximate surface area is 120 Å². The minimum Gasteiger partial charge on any atom is -0.206 e. The Morgan fingerprint density at radius 2 is 1.88 bits per heavy atom. The van der Waals surface area contributed by atoms with Gasteiger partial charge in [0.25, 0.3) is 10.0 Å². The SMILES string of the molecule is CCCN(CCC)S(=O)(=O)c1cc(Cl)c(Br)s1. The summed E-state index contributed by atoms with van der Waals surface area (Å²) in [5, 5.41) is 0.446. The lowest BCUT2D eigenvalue weighted by Crippen LogP contribution is -2.32. The van der Waals surface area contributed by atoms with Crippen molar-refractivity contribution in [3.8, 4) is 0 Å². The summed E-state index contributed by atoms with van der Waals surface area (Å²) >= 11 is 10.3. The molecule has 0 saturated carbocycles. The molecule has 0 atom stereocenters. The first-order valence-corrected chi connectivity index (χ1v) is 8.81. The molecule has 98 valence electrons. The van der Waals surface area contributed by atoms with E-state index in [4.69, 9.17) is 11.6 Å². The molecule has 0 fully saturated rings. The largest absolute Gasteiger partial charge is 0.252 e. The molecule has 0 radical (unpaired) electrons. The van der Waals surface area contributed by atoms with E-state index in [1.807, 2.05) is 13.8 Å². The number of hydrogen-bond acceptors (Lipinski definition) is 3. The van der Waals surface area contributed by atoms with Crippen molar-refractivity contribution >= 4 is 48.9 Å². The van der Waals surface area contributed by atoms with Gasteiger partial charge in [-0.1, -0.05) is 25.4 Å². The minimum atomic E-state index is -3.39. The molecule has 0 aliphatic heterocycles. The van der Waals surface area contributed by atoms with Crippen LogP contribution in [0.3, 0.4) is 0 Å². The van der Waals surface area contributed by atoms with Crippen LogP contribution in [-0.2, 0) is 10.0 Å². The van der Waals surface area contributed by atoms with Crippen LogP contribution in [0.1, 0.15) is 26.7 Å². The van der Waals surface area contributed by atoms with Gasteiger partial charge in [-0.25, -0.2) is 8.42 Å². The third-order valence-corrected chi connectivity index (χ3v) is 6.99. The Kier molecular flexibility index (Phi) is 5.92. The highest BCUT2D eigenvalue weighted by molar-refractivity contribution is 9.11. The van der Waals surface area contributed by atoms with Gasteiger partial charge in [-0.3, -0.25) is 0 Å². The molecule has 0 aliphatic rings. The second-order valence-electron chi connectivity index (χ2n) is 3.59. The summed E-state index contributed by atoms with van der Waals surface area (Å²) in [6.45, 7) is 5.03. The molecule has 0 amide bonds. The highest BCUT2D eigenvalue weighted by atomic mass is 79.9. The summed E-state index contributed by atoms with van der Waals surface area (Å²) in [6.07, 6.45) is 1.61. The predicted molar refractivity (Wildman–Crippen MR) is 76.4 cm³/mol. The fourth-order valence-corrected chi connectivity index (χ4v) is 5.61. The van der Waals surface area contributed by atoms with Crippen LogP contribution in [0.15, 0.2) is 14.1 Å². The van der Waals surface area contributed by atoms with Crippen molar-refractivity contribution in [2.24, 2.45) is 0 Å². The highest BCUT2D eigenvalue weighted by Crippen LogP contribution is 2.35. The smallest absolute Gasteiger partial charge is 0.206 e. The van der Waals surface area contributed by atoms with Gasteiger partial charge in [-0.2, -0.15) is 4.31 Å². The lowest BCUT2D eigenvalue weighted by atomic mass is 10.4. The summed E-state index contributed by atoms with van der Waals surface area (Å²) < 4.78 is 27.1. The number of rotatable bonds is 6. The zero-order chi connectivity index (χ0) is 13.1. The molecular formula is C10H15BrClNO2S2. The fourth-order valence-electron chi connectivity index (χ4n) is 1.43. The number of halogens is 2. The third-order valence-electron chi connectivity index (χ3n) is 2.16. The molecule has 0 N–H and O–H groups in total. The Balaban J connectivity index is 3.06. The quantitative estimate of drug-likeness (QED) is 0.769. The first kappa shape index (κ1) is 15.4. The number of hydrogen-bond donors (Lipinski definition) is 0. The molecule has 0 bridgehead atoms. The molecule has 3 nitrogen and oxygen atoms in total. The van der Waals surface area contributed by atoms with Gasteiger partial charge in [0.05, 0.1) is 8.81 Å². The van der Waals surface area contributed by atoms with E-state index >= 15 is 0 Å². The highest BCUT2D eigenvalue weighted by Gasteiger charge is 2.25. The van der Waals surface area contributed by atoms with E-state index in [-0.39, 0.29) is 0 Å². The molecular weight excluding hydrogens is 346 g/mol. The van der Waals surface area contributed by atoms with Crippen molar-refractivity contribution in [2.75, 3.05) is 13.1 Å². The molecule has 1 aromatic rings. The van der Waals surface area contributed by atoms with Gasteiger partial charge in [0, 0.05) is 13.1 Å². The van der Waals surface area contributed by atoms with Crippen molar-refractivity contribution in [1.29, 1.82) is 0 Å². The Morgan fingerprint density at radius 3 is 2.24 bits per heavy atom. The first-order chi connectivity index (χ1) is 7.93. The fraction of sp³-hybridized carbons (Fsp3) is 0.600. The van der Waals surface area contributed by atoms with Crippen molar-refractivity contribution in [2.45, 2.75) is 30.9 Å². The van der Waals surface area contributed by atoms with Gasteiger partial charge in [-0.15, -0.1) is 11.3 Å². The van der Waals surface area contributed by atoms with Gasteiger partial charge >= 0.3 is 0 Å². The Bertz CT molecular complexity index is 447. The van der Waals surface area contributed by atoms with Gasteiger partial charge in [0.15, 0.2) is 0 Å². The maximum atomic E-state index is 12.3. The number of thiophene rings is 1. The second-order valence-corrected chi connectivity index (χ2v) is 8.53. The molecule has 17 heavy (non-hydrogen) atoms. The van der Waals surface area contributed by atoms with Crippen LogP contribution in [0.2, 0.25) is 5.02 Å². The standard InChI is InChI=1S/C10H15BrClNO2S2/c1-3-5-13(6-4-2)17(14,15)9-7-8(12)10(11)16-9/h7H,3-6H2,1-2H3. The van der Waals surface area contributed by atoms with Crippen LogP contribution in [0.25, 0.3) is 0 Å². The topological polar surface area (TPSA) is 37.4 Å². The van der Waals surface area contributed by atoms with Crippen molar-refractivity contribution in [1.82, 2.24) is 4.31 Å². The molecule has 0 aromatic carbocycles. The lowest BCUT2D eigenvalue weighted by Gasteiger charge is -2.19. The van der Waals surface area contributed by atoms with Crippen molar-refractivity contribution in [3.05, 3.63) is 14.9 Å². The van der Waals surface area contributed by atoms with Crippen LogP contribution >= 0.6 is 38.9 Å². The molecule has 0 unspecified atom stereocenters. The third kappa shape index (κ3) is 3.67. The zero-order valence-corrected chi connectivity index (χ0v) is 13.7. The van der Waals surface area contributed by atoms with Crippen molar-refractivity contribution < 1.29 is 8.42 Å². The van der Waals surface area contributed by atoms with Gasteiger partial charge in [0.1, 0.15) is 4.21 Å². The summed E-state index contributed by atoms with van der Waals surface area (Å²) in [4.78, 5) is 0.